The second-order valence-electron chi connectivity index (χ2n) is 9.47. The van der Waals surface area contributed by atoms with Gasteiger partial charge in [-0.15, -0.1) is 0 Å². The van der Waals surface area contributed by atoms with Crippen LogP contribution in [0.4, 0.5) is 20.7 Å². The van der Waals surface area contributed by atoms with Gasteiger partial charge in [0.05, 0.1) is 30.4 Å². The smallest absolute Gasteiger partial charge is 0.319 e. The number of benzene rings is 2. The Kier molecular flexibility index (Phi) is 8.29. The highest BCUT2D eigenvalue weighted by atomic mass is 35.5. The molecule has 1 aromatic heterocycles. The number of hydrogen-bond acceptors (Lipinski definition) is 7. The maximum Gasteiger partial charge on any atom is 0.319 e. The van der Waals surface area contributed by atoms with Gasteiger partial charge in [-0.3, -0.25) is 0 Å². The first-order valence-electron chi connectivity index (χ1n) is 12.9. The van der Waals surface area contributed by atoms with Crippen LogP contribution in [0.15, 0.2) is 36.7 Å². The lowest BCUT2D eigenvalue weighted by atomic mass is 10.1. The second-order valence-corrected chi connectivity index (χ2v) is 9.88. The highest BCUT2D eigenvalue weighted by Crippen LogP contribution is 2.37. The molecule has 0 bridgehead atoms. The fraction of sp³-hybridized carbons (Fsp3) is 0.444. The molecule has 2 amide bonds. The summed E-state index contributed by atoms with van der Waals surface area (Å²) in [5, 5.41) is 3.95. The van der Waals surface area contributed by atoms with Crippen LogP contribution in [-0.2, 0) is 4.74 Å². The summed E-state index contributed by atoms with van der Waals surface area (Å²) in [6.07, 6.45) is 4.69. The van der Waals surface area contributed by atoms with E-state index in [1.54, 1.807) is 11.0 Å². The molecule has 2 aromatic carbocycles. The number of nitrogens with one attached hydrogen (secondary N) is 1. The van der Waals surface area contributed by atoms with Gasteiger partial charge in [-0.2, -0.15) is 0 Å². The Hall–Kier alpha value is -3.37. The summed E-state index contributed by atoms with van der Waals surface area (Å²) >= 11 is 5.96. The Balaban J connectivity index is 1.36. The molecule has 0 atom stereocenters. The molecule has 2 aliphatic heterocycles. The van der Waals surface area contributed by atoms with Crippen LogP contribution in [0.5, 0.6) is 11.5 Å². The molecule has 3 aromatic rings. The number of urea groups is 1. The first kappa shape index (κ1) is 26.2. The van der Waals surface area contributed by atoms with Crippen LogP contribution >= 0.6 is 11.6 Å². The topological polar surface area (TPSA) is 89.1 Å². The van der Waals surface area contributed by atoms with E-state index in [-0.39, 0.29) is 17.2 Å². The Labute approximate surface area is 225 Å². The number of carbonyl (C=O) groups is 1. The third kappa shape index (κ3) is 6.19. The number of fused-ring (bicyclic) bond motifs is 1. The summed E-state index contributed by atoms with van der Waals surface area (Å²) in [6.45, 7) is 3.91. The number of halogens is 2. The summed E-state index contributed by atoms with van der Waals surface area (Å²) in [4.78, 5) is 24.8. The summed E-state index contributed by atoms with van der Waals surface area (Å²) < 4.78 is 31.7. The molecule has 1 N–H and O–H groups in total. The van der Waals surface area contributed by atoms with Gasteiger partial charge in [-0.25, -0.2) is 19.2 Å². The minimum Gasteiger partial charge on any atom is -0.490 e. The van der Waals surface area contributed by atoms with Crippen LogP contribution in [0.1, 0.15) is 25.7 Å². The van der Waals surface area contributed by atoms with Crippen molar-refractivity contribution in [2.24, 2.45) is 0 Å². The number of hydrogen-bond donors (Lipinski definition) is 1. The molecular weight excluding hydrogens is 513 g/mol. The lowest BCUT2D eigenvalue weighted by molar-refractivity contribution is 0.0243. The van der Waals surface area contributed by atoms with Gasteiger partial charge in [-0.1, -0.05) is 11.6 Å². The van der Waals surface area contributed by atoms with Crippen LogP contribution in [0, 0.1) is 5.82 Å². The number of carbonyl (C=O) groups excluding carboxylic acids is 1. The van der Waals surface area contributed by atoms with Crippen LogP contribution in [-0.4, -0.2) is 78.4 Å². The van der Waals surface area contributed by atoms with E-state index in [4.69, 9.17) is 25.8 Å². The zero-order chi connectivity index (χ0) is 26.5. The molecule has 3 heterocycles. The minimum absolute atomic E-state index is 0.00186. The molecule has 2 saturated heterocycles. The van der Waals surface area contributed by atoms with E-state index in [2.05, 4.69) is 15.3 Å². The third-order valence-corrected chi connectivity index (χ3v) is 6.98. The van der Waals surface area contributed by atoms with E-state index in [1.807, 2.05) is 24.1 Å². The van der Waals surface area contributed by atoms with Gasteiger partial charge in [0, 0.05) is 56.7 Å². The first-order valence-corrected chi connectivity index (χ1v) is 13.2. The Morgan fingerprint density at radius 3 is 2.82 bits per heavy atom. The van der Waals surface area contributed by atoms with Gasteiger partial charge >= 0.3 is 6.03 Å². The zero-order valence-electron chi connectivity index (χ0n) is 21.3. The van der Waals surface area contributed by atoms with Gasteiger partial charge in [0.15, 0.2) is 11.5 Å². The van der Waals surface area contributed by atoms with Crippen molar-refractivity contribution in [2.45, 2.75) is 31.8 Å². The number of aromatic nitrogens is 2. The van der Waals surface area contributed by atoms with Crippen molar-refractivity contribution in [1.29, 1.82) is 0 Å². The van der Waals surface area contributed by atoms with Crippen molar-refractivity contribution in [3.05, 3.63) is 47.5 Å². The minimum atomic E-state index is -0.490. The molecule has 2 aliphatic rings. The lowest BCUT2D eigenvalue weighted by Crippen LogP contribution is -2.47. The summed E-state index contributed by atoms with van der Waals surface area (Å²) in [6, 6.07) is 8.17. The van der Waals surface area contributed by atoms with Gasteiger partial charge in [0.1, 0.15) is 24.1 Å². The molecule has 9 nitrogen and oxygen atoms in total. The molecule has 202 valence electrons. The molecule has 0 saturated carbocycles. The van der Waals surface area contributed by atoms with E-state index < -0.39 is 5.82 Å². The first-order chi connectivity index (χ1) is 18.5. The molecule has 0 aliphatic carbocycles. The predicted octanol–water partition coefficient (Wildman–Crippen LogP) is 5.25. The Bertz CT molecular complexity index is 1290. The van der Waals surface area contributed by atoms with Crippen LogP contribution in [0.2, 0.25) is 5.02 Å². The van der Waals surface area contributed by atoms with Crippen molar-refractivity contribution >= 4 is 40.0 Å². The average molecular weight is 544 g/mol. The zero-order valence-corrected chi connectivity index (χ0v) is 22.0. The number of ether oxygens (including phenoxy) is 3. The van der Waals surface area contributed by atoms with Gasteiger partial charge in [0.2, 0.25) is 0 Å². The molecule has 5 rings (SSSR count). The van der Waals surface area contributed by atoms with E-state index in [1.165, 1.54) is 18.5 Å². The predicted molar refractivity (Wildman–Crippen MR) is 143 cm³/mol. The van der Waals surface area contributed by atoms with Gasteiger partial charge in [0.25, 0.3) is 0 Å². The van der Waals surface area contributed by atoms with E-state index in [0.717, 1.165) is 37.7 Å². The van der Waals surface area contributed by atoms with Crippen LogP contribution in [0.25, 0.3) is 10.9 Å². The molecule has 0 unspecified atom stereocenters. The molecule has 0 spiro atoms. The maximum atomic E-state index is 13.6. The van der Waals surface area contributed by atoms with Crippen molar-refractivity contribution in [1.82, 2.24) is 19.8 Å². The standard InChI is InChI=1S/C27H31ClFN5O4/c1-33-8-2-9-34(27(33)35)10-3-11-37-24-16-23-20(15-25(24)38-19-6-12-36-13-7-19)26(31-17-30-23)32-18-4-5-22(29)21(28)14-18/h4-5,14-17,19H,2-3,6-13H2,1H3,(H,30,31,32). The number of anilines is 2. The van der Waals surface area contributed by atoms with E-state index in [9.17, 15) is 9.18 Å². The SMILES string of the molecule is CN1CCCN(CCCOc2cc3ncnc(Nc4ccc(F)c(Cl)c4)c3cc2OC2CCOCC2)C1=O. The lowest BCUT2D eigenvalue weighted by Gasteiger charge is -2.33. The Morgan fingerprint density at radius 1 is 1.16 bits per heavy atom. The molecule has 2 fully saturated rings. The quantitative estimate of drug-likeness (QED) is 0.369. The molecular formula is C27H31ClFN5O4. The van der Waals surface area contributed by atoms with Crippen molar-refractivity contribution in [2.75, 3.05) is 51.8 Å². The average Bonchev–Trinajstić information content (AvgIpc) is 2.92. The van der Waals surface area contributed by atoms with Crippen LogP contribution in [0.3, 0.4) is 0 Å². The van der Waals surface area contributed by atoms with Crippen LogP contribution < -0.4 is 14.8 Å². The van der Waals surface area contributed by atoms with E-state index in [0.29, 0.717) is 61.3 Å². The number of amides is 2. The monoisotopic (exact) mass is 543 g/mol. The fourth-order valence-corrected chi connectivity index (χ4v) is 4.81. The summed E-state index contributed by atoms with van der Waals surface area (Å²) in [7, 11) is 1.83. The molecule has 0 radical (unpaired) electrons. The van der Waals surface area contributed by atoms with E-state index >= 15 is 0 Å². The van der Waals surface area contributed by atoms with Gasteiger partial charge in [-0.05, 0) is 37.1 Å². The normalized spacial score (nSPS) is 16.7. The van der Waals surface area contributed by atoms with Crippen molar-refractivity contribution in [3.8, 4) is 11.5 Å². The highest BCUT2D eigenvalue weighted by molar-refractivity contribution is 6.31. The summed E-state index contributed by atoms with van der Waals surface area (Å²) in [5.74, 6) is 1.22. The molecule has 38 heavy (non-hydrogen) atoms. The number of rotatable bonds is 9. The Morgan fingerprint density at radius 2 is 2.00 bits per heavy atom. The van der Waals surface area contributed by atoms with Crippen molar-refractivity contribution in [3.63, 3.8) is 0 Å². The molecule has 11 heteroatoms. The fourth-order valence-electron chi connectivity index (χ4n) is 4.63. The van der Waals surface area contributed by atoms with Gasteiger partial charge < -0.3 is 29.3 Å². The summed E-state index contributed by atoms with van der Waals surface area (Å²) in [5.41, 5.74) is 1.26. The largest absolute Gasteiger partial charge is 0.490 e. The third-order valence-electron chi connectivity index (χ3n) is 6.69. The highest BCUT2D eigenvalue weighted by Gasteiger charge is 2.23. The maximum absolute atomic E-state index is 13.6. The van der Waals surface area contributed by atoms with Crippen molar-refractivity contribution < 1.29 is 23.4 Å². The number of nitrogens with zero attached hydrogens (tertiary/aromatic N) is 4. The second kappa shape index (κ2) is 12.0.